The van der Waals surface area contributed by atoms with Gasteiger partial charge in [0.15, 0.2) is 11.5 Å². The number of cyclic esters (lactones) is 1. The number of esters is 1. The third kappa shape index (κ3) is 5.00. The minimum absolute atomic E-state index is 0.0603. The van der Waals surface area contributed by atoms with Crippen LogP contribution in [-0.4, -0.2) is 59.5 Å². The average Bonchev–Trinajstić information content (AvgIpc) is 3.69. The zero-order valence-electron chi connectivity index (χ0n) is 29.8. The first-order chi connectivity index (χ1) is 26.3. The van der Waals surface area contributed by atoms with E-state index in [9.17, 15) is 9.90 Å². The fourth-order valence-corrected chi connectivity index (χ4v) is 9.45. The Kier molecular flexibility index (Phi) is 8.15. The zero-order valence-corrected chi connectivity index (χ0v) is 29.8. The van der Waals surface area contributed by atoms with Crippen LogP contribution in [0.25, 0.3) is 0 Å². The molecule has 54 heavy (non-hydrogen) atoms. The smallest absolute Gasteiger partial charge is 0.324 e. The number of hydrogen-bond acceptors (Lipinski definition) is 8. The lowest BCUT2D eigenvalue weighted by molar-refractivity contribution is -0.179. The van der Waals surface area contributed by atoms with Gasteiger partial charge in [-0.3, -0.25) is 19.3 Å². The monoisotopic (exact) mass is 721 g/mol. The lowest BCUT2D eigenvalue weighted by Gasteiger charge is -2.46. The van der Waals surface area contributed by atoms with Crippen LogP contribution in [0.1, 0.15) is 51.6 Å². The number of carbonyl (C=O) groups is 3. The van der Waals surface area contributed by atoms with Crippen LogP contribution in [0.4, 0.5) is 5.69 Å². The molecule has 4 aliphatic rings. The van der Waals surface area contributed by atoms with Crippen LogP contribution in [-0.2, 0) is 37.5 Å². The summed E-state index contributed by atoms with van der Waals surface area (Å²) < 4.78 is 17.7. The van der Waals surface area contributed by atoms with Crippen molar-refractivity contribution in [1.29, 1.82) is 0 Å². The first-order valence-corrected chi connectivity index (χ1v) is 18.2. The van der Waals surface area contributed by atoms with Crippen molar-refractivity contribution < 1.29 is 33.7 Å². The number of phenols is 1. The summed E-state index contributed by atoms with van der Waals surface area (Å²) in [4.78, 5) is 49.6. The summed E-state index contributed by atoms with van der Waals surface area (Å²) in [6.07, 6.45) is -0.209. The maximum absolute atomic E-state index is 15.6. The Labute approximate surface area is 312 Å². The van der Waals surface area contributed by atoms with Crippen molar-refractivity contribution in [3.63, 3.8) is 0 Å². The number of amides is 2. The van der Waals surface area contributed by atoms with Gasteiger partial charge in [-0.2, -0.15) is 0 Å². The average molecular weight is 722 g/mol. The maximum Gasteiger partial charge on any atom is 0.324 e. The van der Waals surface area contributed by atoms with Crippen LogP contribution in [0, 0.1) is 5.92 Å². The van der Waals surface area contributed by atoms with Crippen molar-refractivity contribution in [2.24, 2.45) is 5.92 Å². The van der Waals surface area contributed by atoms with E-state index in [1.165, 1.54) is 0 Å². The maximum atomic E-state index is 15.6. The summed E-state index contributed by atoms with van der Waals surface area (Å²) in [7, 11) is 3.17. The molecule has 4 aliphatic heterocycles. The number of morpholine rings is 1. The molecule has 0 saturated carbocycles. The molecule has 0 bridgehead atoms. The van der Waals surface area contributed by atoms with Crippen molar-refractivity contribution in [2.45, 2.75) is 42.6 Å². The normalized spacial score (nSPS) is 25.7. The van der Waals surface area contributed by atoms with Crippen molar-refractivity contribution >= 4 is 23.5 Å². The van der Waals surface area contributed by atoms with E-state index in [2.05, 4.69) is 10.2 Å². The van der Waals surface area contributed by atoms with Gasteiger partial charge in [0.25, 0.3) is 0 Å². The Hall–Kier alpha value is -6.13. The number of phenolic OH excluding ortho intramolecular Hbond substituents is 1. The lowest BCUT2D eigenvalue weighted by atomic mass is 9.65. The summed E-state index contributed by atoms with van der Waals surface area (Å²) in [5.41, 5.74) is 3.95. The molecular weight excluding hydrogens is 682 g/mol. The molecule has 4 heterocycles. The molecule has 10 nitrogen and oxygen atoms in total. The predicted molar refractivity (Wildman–Crippen MR) is 200 cm³/mol. The highest BCUT2D eigenvalue weighted by Crippen LogP contribution is 2.65. The van der Waals surface area contributed by atoms with Crippen molar-refractivity contribution in [3.05, 3.63) is 155 Å². The third-order valence-corrected chi connectivity index (χ3v) is 11.7. The summed E-state index contributed by atoms with van der Waals surface area (Å²) in [6.45, 7) is 0.627. The number of hydrogen-bond donors (Lipinski definition) is 2. The number of anilines is 1. The number of aromatic hydroxyl groups is 1. The van der Waals surface area contributed by atoms with Gasteiger partial charge in [-0.1, -0.05) is 91.0 Å². The summed E-state index contributed by atoms with van der Waals surface area (Å²) >= 11 is 0. The molecule has 2 N–H and O–H groups in total. The number of fused-ring (bicyclic) bond motifs is 4. The number of carbonyl (C=O) groups excluding carboxylic acids is 3. The molecule has 2 fully saturated rings. The Morgan fingerprint density at radius 2 is 1.41 bits per heavy atom. The fourth-order valence-electron chi connectivity index (χ4n) is 9.45. The van der Waals surface area contributed by atoms with Gasteiger partial charge in [0.05, 0.1) is 32.2 Å². The molecule has 10 heteroatoms. The van der Waals surface area contributed by atoms with Crippen molar-refractivity contribution in [1.82, 2.24) is 9.80 Å². The molecule has 6 unspecified atom stereocenters. The van der Waals surface area contributed by atoms with E-state index in [1.807, 2.05) is 97.1 Å². The van der Waals surface area contributed by atoms with Gasteiger partial charge >= 0.3 is 5.97 Å². The molecule has 2 saturated heterocycles. The Bertz CT molecular complexity index is 2260. The molecule has 5 aromatic rings. The standard InChI is InChI=1S/C44H39N3O7/c1-52-34-23-29-21-22-46(25-30(29)24-35(34)53-2)41(49)36-38-42(50)54-39(27-13-7-4-8-14-27)37(26-11-5-3-6-12-26)47(38)40(28-17-19-31(48)20-18-28)44(36)32-15-9-10-16-33(32)45-43(44)51/h3-20,23-24,36-40,48H,21-22,25H2,1-2H3,(H,45,51). The first-order valence-electron chi connectivity index (χ1n) is 18.2. The molecule has 1 spiro atoms. The summed E-state index contributed by atoms with van der Waals surface area (Å²) in [6, 6.07) is 34.9. The number of ether oxygens (including phenoxy) is 3. The molecule has 0 aromatic heterocycles. The van der Waals surface area contributed by atoms with E-state index in [1.54, 1.807) is 43.4 Å². The van der Waals surface area contributed by atoms with E-state index in [0.717, 1.165) is 22.3 Å². The van der Waals surface area contributed by atoms with Crippen LogP contribution >= 0.6 is 0 Å². The fraction of sp³-hybridized carbons (Fsp3) is 0.250. The number of benzene rings is 5. The van der Waals surface area contributed by atoms with Gasteiger partial charge in [0, 0.05) is 18.8 Å². The number of para-hydroxylation sites is 1. The molecule has 9 rings (SSSR count). The molecular formula is C44H39N3O7. The number of methoxy groups -OCH3 is 2. The van der Waals surface area contributed by atoms with Crippen LogP contribution in [0.3, 0.4) is 0 Å². The largest absolute Gasteiger partial charge is 0.508 e. The highest BCUT2D eigenvalue weighted by atomic mass is 16.6. The van der Waals surface area contributed by atoms with Crippen molar-refractivity contribution in [2.75, 3.05) is 26.1 Å². The molecule has 6 atom stereocenters. The van der Waals surface area contributed by atoms with E-state index < -0.39 is 41.5 Å². The topological polar surface area (TPSA) is 118 Å². The van der Waals surface area contributed by atoms with Crippen LogP contribution < -0.4 is 14.8 Å². The van der Waals surface area contributed by atoms with E-state index >= 15 is 9.59 Å². The van der Waals surface area contributed by atoms with Gasteiger partial charge in [0.1, 0.15) is 23.3 Å². The van der Waals surface area contributed by atoms with Crippen LogP contribution in [0.5, 0.6) is 17.2 Å². The van der Waals surface area contributed by atoms with Crippen molar-refractivity contribution in [3.8, 4) is 17.2 Å². The quantitative estimate of drug-likeness (QED) is 0.197. The molecule has 5 aromatic carbocycles. The van der Waals surface area contributed by atoms with Crippen LogP contribution in [0.15, 0.2) is 121 Å². The molecule has 272 valence electrons. The number of nitrogens with one attached hydrogen (secondary N) is 1. The second-order valence-corrected chi connectivity index (χ2v) is 14.3. The summed E-state index contributed by atoms with van der Waals surface area (Å²) in [5.74, 6) is -1.21. The predicted octanol–water partition coefficient (Wildman–Crippen LogP) is 6.27. The highest BCUT2D eigenvalue weighted by Gasteiger charge is 2.74. The highest BCUT2D eigenvalue weighted by molar-refractivity contribution is 6.12. The van der Waals surface area contributed by atoms with Gasteiger partial charge in [-0.15, -0.1) is 0 Å². The van der Waals surface area contributed by atoms with Crippen LogP contribution in [0.2, 0.25) is 0 Å². The minimum Gasteiger partial charge on any atom is -0.508 e. The Morgan fingerprint density at radius 1 is 0.778 bits per heavy atom. The van der Waals surface area contributed by atoms with E-state index in [4.69, 9.17) is 14.2 Å². The molecule has 0 radical (unpaired) electrons. The second-order valence-electron chi connectivity index (χ2n) is 14.3. The van der Waals surface area contributed by atoms with Gasteiger partial charge in [0.2, 0.25) is 11.8 Å². The zero-order chi connectivity index (χ0) is 37.1. The van der Waals surface area contributed by atoms with Gasteiger partial charge in [-0.25, -0.2) is 0 Å². The lowest BCUT2D eigenvalue weighted by Crippen LogP contribution is -2.56. The van der Waals surface area contributed by atoms with E-state index in [0.29, 0.717) is 41.3 Å². The Balaban J connectivity index is 1.28. The third-order valence-electron chi connectivity index (χ3n) is 11.7. The second kappa shape index (κ2) is 13.1. The summed E-state index contributed by atoms with van der Waals surface area (Å²) in [5, 5.41) is 13.6. The minimum atomic E-state index is -1.56. The first kappa shape index (κ1) is 33.7. The molecule has 2 amide bonds. The van der Waals surface area contributed by atoms with Gasteiger partial charge < -0.3 is 29.5 Å². The SMILES string of the molecule is COc1cc2c(cc1OC)CN(C(=O)C1C3C(=O)OC(c4ccccc4)C(c4ccccc4)N3C(c3ccc(O)cc3)C13C(=O)Nc1ccccc13)CC2. The van der Waals surface area contributed by atoms with E-state index in [-0.39, 0.29) is 24.1 Å². The molecule has 0 aliphatic carbocycles. The number of nitrogens with zero attached hydrogens (tertiary/aromatic N) is 2. The number of rotatable bonds is 6. The Morgan fingerprint density at radius 3 is 2.09 bits per heavy atom. The van der Waals surface area contributed by atoms with Gasteiger partial charge in [-0.05, 0) is 70.1 Å².